The van der Waals surface area contributed by atoms with Gasteiger partial charge in [0.2, 0.25) is 0 Å². The van der Waals surface area contributed by atoms with Crippen LogP contribution in [0, 0.1) is 29.0 Å². The first kappa shape index (κ1) is 16.1. The molecule has 0 aliphatic heterocycles. The van der Waals surface area contributed by atoms with Gasteiger partial charge in [0.15, 0.2) is 11.6 Å². The molecule has 1 aromatic rings. The zero-order chi connectivity index (χ0) is 15.2. The summed E-state index contributed by atoms with van der Waals surface area (Å²) in [6, 6.07) is 6.15. The molecule has 2 atom stereocenters. The predicted molar refractivity (Wildman–Crippen MR) is 80.8 cm³/mol. The average Bonchev–Trinajstić information content (AvgIpc) is 3.02. The third kappa shape index (κ3) is 4.09. The number of rotatable bonds is 6. The molecule has 0 amide bonds. The SMILES string of the molecule is CNC(Cl)C(COc1ccc(C#N)cc1F)C1CCCC1. The van der Waals surface area contributed by atoms with Crippen molar-refractivity contribution >= 4 is 11.6 Å². The number of hydrogen-bond donors (Lipinski definition) is 1. The summed E-state index contributed by atoms with van der Waals surface area (Å²) in [5, 5.41) is 11.8. The molecule has 1 fully saturated rings. The minimum Gasteiger partial charge on any atom is -0.490 e. The van der Waals surface area contributed by atoms with Crippen molar-refractivity contribution in [1.29, 1.82) is 5.26 Å². The molecular formula is C16H20ClFN2O. The Kier molecular flexibility index (Phi) is 5.84. The lowest BCUT2D eigenvalue weighted by atomic mass is 9.91. The number of benzene rings is 1. The maximum absolute atomic E-state index is 13.8. The molecule has 1 aromatic carbocycles. The van der Waals surface area contributed by atoms with Crippen LogP contribution in [0.4, 0.5) is 4.39 Å². The zero-order valence-electron chi connectivity index (χ0n) is 12.1. The van der Waals surface area contributed by atoms with Gasteiger partial charge in [-0.15, -0.1) is 11.6 Å². The van der Waals surface area contributed by atoms with E-state index in [0.29, 0.717) is 12.5 Å². The molecule has 5 heteroatoms. The normalized spacial score (nSPS) is 18.2. The first-order chi connectivity index (χ1) is 10.2. The molecule has 1 aliphatic carbocycles. The number of nitrogens with zero attached hydrogens (tertiary/aromatic N) is 1. The van der Waals surface area contributed by atoms with E-state index in [1.165, 1.54) is 25.0 Å². The monoisotopic (exact) mass is 310 g/mol. The molecule has 2 rings (SSSR count). The Morgan fingerprint density at radius 2 is 2.19 bits per heavy atom. The van der Waals surface area contributed by atoms with Crippen molar-refractivity contribution in [2.45, 2.75) is 31.2 Å². The lowest BCUT2D eigenvalue weighted by molar-refractivity contribution is 0.177. The molecule has 0 bridgehead atoms. The minimum atomic E-state index is -0.505. The van der Waals surface area contributed by atoms with E-state index in [2.05, 4.69) is 5.32 Å². The van der Waals surface area contributed by atoms with E-state index in [4.69, 9.17) is 21.6 Å². The van der Waals surface area contributed by atoms with Gasteiger partial charge < -0.3 is 10.1 Å². The second-order valence-corrected chi connectivity index (χ2v) is 5.94. The molecular weight excluding hydrogens is 291 g/mol. The van der Waals surface area contributed by atoms with Gasteiger partial charge in [0, 0.05) is 5.92 Å². The fourth-order valence-electron chi connectivity index (χ4n) is 2.93. The molecule has 1 N–H and O–H groups in total. The molecule has 0 heterocycles. The van der Waals surface area contributed by atoms with E-state index in [1.807, 2.05) is 13.1 Å². The maximum Gasteiger partial charge on any atom is 0.166 e. The summed E-state index contributed by atoms with van der Waals surface area (Å²) in [7, 11) is 1.82. The Bertz CT molecular complexity index is 511. The van der Waals surface area contributed by atoms with Gasteiger partial charge in [0.25, 0.3) is 0 Å². The van der Waals surface area contributed by atoms with Gasteiger partial charge in [-0.3, -0.25) is 0 Å². The Balaban J connectivity index is 2.02. The van der Waals surface area contributed by atoms with Crippen molar-refractivity contribution in [2.24, 2.45) is 11.8 Å². The van der Waals surface area contributed by atoms with Crippen LogP contribution in [-0.2, 0) is 0 Å². The van der Waals surface area contributed by atoms with Gasteiger partial charge in [-0.25, -0.2) is 4.39 Å². The zero-order valence-corrected chi connectivity index (χ0v) is 12.9. The summed E-state index contributed by atoms with van der Waals surface area (Å²) < 4.78 is 19.4. The highest BCUT2D eigenvalue weighted by Crippen LogP contribution is 2.34. The molecule has 0 saturated heterocycles. The van der Waals surface area contributed by atoms with Gasteiger partial charge in [-0.2, -0.15) is 5.26 Å². The highest BCUT2D eigenvalue weighted by molar-refractivity contribution is 6.20. The van der Waals surface area contributed by atoms with Gasteiger partial charge in [0.1, 0.15) is 0 Å². The number of alkyl halides is 1. The largest absolute Gasteiger partial charge is 0.490 e. The molecule has 3 nitrogen and oxygen atoms in total. The third-order valence-electron chi connectivity index (χ3n) is 4.15. The minimum absolute atomic E-state index is 0.147. The maximum atomic E-state index is 13.8. The van der Waals surface area contributed by atoms with Gasteiger partial charge in [-0.05, 0) is 44.0 Å². The van der Waals surface area contributed by atoms with Crippen molar-refractivity contribution in [3.05, 3.63) is 29.6 Å². The van der Waals surface area contributed by atoms with E-state index in [1.54, 1.807) is 6.07 Å². The van der Waals surface area contributed by atoms with E-state index < -0.39 is 5.82 Å². The van der Waals surface area contributed by atoms with E-state index in [0.717, 1.165) is 12.8 Å². The fourth-order valence-corrected chi connectivity index (χ4v) is 3.21. The van der Waals surface area contributed by atoms with Crippen LogP contribution < -0.4 is 10.1 Å². The first-order valence-electron chi connectivity index (χ1n) is 7.29. The van der Waals surface area contributed by atoms with Crippen LogP contribution in [0.25, 0.3) is 0 Å². The molecule has 0 aromatic heterocycles. The van der Waals surface area contributed by atoms with Crippen LogP contribution in [0.5, 0.6) is 5.75 Å². The Morgan fingerprint density at radius 3 is 2.76 bits per heavy atom. The van der Waals surface area contributed by atoms with Crippen molar-refractivity contribution in [1.82, 2.24) is 5.32 Å². The highest BCUT2D eigenvalue weighted by Gasteiger charge is 2.30. The van der Waals surface area contributed by atoms with Crippen LogP contribution in [0.1, 0.15) is 31.2 Å². The van der Waals surface area contributed by atoms with Crippen molar-refractivity contribution < 1.29 is 9.13 Å². The van der Waals surface area contributed by atoms with E-state index in [-0.39, 0.29) is 22.7 Å². The van der Waals surface area contributed by atoms with Gasteiger partial charge in [-0.1, -0.05) is 12.8 Å². The summed E-state index contributed by atoms with van der Waals surface area (Å²) in [6.07, 6.45) is 4.74. The van der Waals surface area contributed by atoms with E-state index in [9.17, 15) is 4.39 Å². The molecule has 2 unspecified atom stereocenters. The Labute approximate surface area is 130 Å². The Morgan fingerprint density at radius 1 is 1.48 bits per heavy atom. The van der Waals surface area contributed by atoms with Crippen LogP contribution in [0.15, 0.2) is 18.2 Å². The van der Waals surface area contributed by atoms with Crippen molar-refractivity contribution in [3.63, 3.8) is 0 Å². The van der Waals surface area contributed by atoms with Gasteiger partial charge in [0.05, 0.1) is 23.7 Å². The average molecular weight is 311 g/mol. The van der Waals surface area contributed by atoms with Crippen LogP contribution in [0.2, 0.25) is 0 Å². The van der Waals surface area contributed by atoms with Crippen molar-refractivity contribution in [3.8, 4) is 11.8 Å². The smallest absolute Gasteiger partial charge is 0.166 e. The molecule has 0 spiro atoms. The highest BCUT2D eigenvalue weighted by atomic mass is 35.5. The first-order valence-corrected chi connectivity index (χ1v) is 7.73. The van der Waals surface area contributed by atoms with Crippen LogP contribution in [0.3, 0.4) is 0 Å². The molecule has 0 radical (unpaired) electrons. The number of nitrogens with one attached hydrogen (secondary N) is 1. The molecule has 114 valence electrons. The third-order valence-corrected chi connectivity index (χ3v) is 4.69. The van der Waals surface area contributed by atoms with Crippen LogP contribution >= 0.6 is 11.6 Å². The fraction of sp³-hybridized carbons (Fsp3) is 0.562. The molecule has 1 aliphatic rings. The summed E-state index contributed by atoms with van der Waals surface area (Å²) in [5.74, 6) is 0.336. The number of halogens is 2. The number of ether oxygens (including phenoxy) is 1. The lowest BCUT2D eigenvalue weighted by Gasteiger charge is -2.27. The predicted octanol–water partition coefficient (Wildman–Crippen LogP) is 3.67. The number of nitriles is 1. The summed E-state index contributed by atoms with van der Waals surface area (Å²) in [4.78, 5) is 0. The van der Waals surface area contributed by atoms with Gasteiger partial charge >= 0.3 is 0 Å². The van der Waals surface area contributed by atoms with Crippen LogP contribution in [-0.4, -0.2) is 19.2 Å². The molecule has 21 heavy (non-hydrogen) atoms. The standard InChI is InChI=1S/C16H20ClFN2O/c1-20-16(17)13(12-4-2-3-5-12)10-21-15-7-6-11(9-19)8-14(15)18/h6-8,12-13,16,20H,2-5,10H2,1H3. The second-order valence-electron chi connectivity index (χ2n) is 5.47. The lowest BCUT2D eigenvalue weighted by Crippen LogP contribution is -2.36. The van der Waals surface area contributed by atoms with Crippen molar-refractivity contribution in [2.75, 3.05) is 13.7 Å². The topological polar surface area (TPSA) is 45.0 Å². The summed E-state index contributed by atoms with van der Waals surface area (Å²) in [6.45, 7) is 0.377. The quantitative estimate of drug-likeness (QED) is 0.644. The summed E-state index contributed by atoms with van der Waals surface area (Å²) in [5.41, 5.74) is 0.104. The molecule has 1 saturated carbocycles. The Hall–Kier alpha value is -1.31. The van der Waals surface area contributed by atoms with E-state index >= 15 is 0 Å². The second kappa shape index (κ2) is 7.63. The number of hydrogen-bond acceptors (Lipinski definition) is 3. The summed E-state index contributed by atoms with van der Waals surface area (Å²) >= 11 is 6.34.